The molecular formula is C17H32N2O5Si. The molecule has 2 aliphatic heterocycles. The van der Waals surface area contributed by atoms with Gasteiger partial charge in [-0.2, -0.15) is 0 Å². The number of carbonyl (C=O) groups excluding carboxylic acids is 2. The first-order valence-corrected chi connectivity index (χ1v) is 12.7. The SMILES string of the molecule is CC(C)(C)OC(=O)N1C[C@H](COCC[Si](C)(C)C)[C@H]2OC(=O)N[C@H]2C1. The first-order valence-electron chi connectivity index (χ1n) is 8.97. The molecule has 8 heteroatoms. The summed E-state index contributed by atoms with van der Waals surface area (Å²) >= 11 is 0. The van der Waals surface area contributed by atoms with Gasteiger partial charge in [0.05, 0.1) is 12.6 Å². The van der Waals surface area contributed by atoms with E-state index in [0.29, 0.717) is 26.3 Å². The van der Waals surface area contributed by atoms with E-state index in [0.717, 1.165) is 6.04 Å². The fourth-order valence-electron chi connectivity index (χ4n) is 2.98. The Morgan fingerprint density at radius 2 is 2.00 bits per heavy atom. The molecule has 0 aromatic heterocycles. The first-order chi connectivity index (χ1) is 11.4. The van der Waals surface area contributed by atoms with Crippen LogP contribution in [0.25, 0.3) is 0 Å². The van der Waals surface area contributed by atoms with Crippen LogP contribution in [-0.4, -0.2) is 69.2 Å². The molecule has 2 fully saturated rings. The van der Waals surface area contributed by atoms with Crippen LogP contribution in [0.2, 0.25) is 25.7 Å². The maximum Gasteiger partial charge on any atom is 0.410 e. The Bertz CT molecular complexity index is 500. The second-order valence-corrected chi connectivity index (χ2v) is 14.8. The van der Waals surface area contributed by atoms with Crippen molar-refractivity contribution in [1.29, 1.82) is 0 Å². The molecule has 0 aliphatic carbocycles. The van der Waals surface area contributed by atoms with E-state index in [2.05, 4.69) is 25.0 Å². The molecular weight excluding hydrogens is 340 g/mol. The van der Waals surface area contributed by atoms with Crippen molar-refractivity contribution in [1.82, 2.24) is 10.2 Å². The van der Waals surface area contributed by atoms with Gasteiger partial charge in [-0.1, -0.05) is 19.6 Å². The minimum absolute atomic E-state index is 0.0492. The topological polar surface area (TPSA) is 77.1 Å². The summed E-state index contributed by atoms with van der Waals surface area (Å²) in [4.78, 5) is 25.7. The van der Waals surface area contributed by atoms with Crippen molar-refractivity contribution in [3.63, 3.8) is 0 Å². The largest absolute Gasteiger partial charge is 0.444 e. The minimum Gasteiger partial charge on any atom is -0.444 e. The van der Waals surface area contributed by atoms with Crippen LogP contribution in [0, 0.1) is 5.92 Å². The highest BCUT2D eigenvalue weighted by Gasteiger charge is 2.46. The second kappa shape index (κ2) is 7.53. The smallest absolute Gasteiger partial charge is 0.410 e. The van der Waals surface area contributed by atoms with Gasteiger partial charge in [0.25, 0.3) is 0 Å². The van der Waals surface area contributed by atoms with Gasteiger partial charge in [0.2, 0.25) is 0 Å². The van der Waals surface area contributed by atoms with Gasteiger partial charge in [0.15, 0.2) is 0 Å². The van der Waals surface area contributed by atoms with Crippen LogP contribution in [0.4, 0.5) is 9.59 Å². The summed E-state index contributed by atoms with van der Waals surface area (Å²) in [5, 5.41) is 2.79. The monoisotopic (exact) mass is 372 g/mol. The lowest BCUT2D eigenvalue weighted by Crippen LogP contribution is -2.57. The number of rotatable bonds is 5. The molecule has 2 amide bonds. The number of hydrogen-bond donors (Lipinski definition) is 1. The lowest BCUT2D eigenvalue weighted by Gasteiger charge is -2.39. The Morgan fingerprint density at radius 1 is 1.32 bits per heavy atom. The van der Waals surface area contributed by atoms with Crippen LogP contribution in [0.3, 0.4) is 0 Å². The van der Waals surface area contributed by atoms with Crippen LogP contribution in [0.5, 0.6) is 0 Å². The van der Waals surface area contributed by atoms with Gasteiger partial charge in [-0.15, -0.1) is 0 Å². The molecule has 2 rings (SSSR count). The molecule has 0 bridgehead atoms. The molecule has 144 valence electrons. The summed E-state index contributed by atoms with van der Waals surface area (Å²) in [7, 11) is -1.15. The molecule has 2 heterocycles. The zero-order chi connectivity index (χ0) is 18.8. The number of fused-ring (bicyclic) bond motifs is 1. The molecule has 2 saturated heterocycles. The average molecular weight is 373 g/mol. The molecule has 0 unspecified atom stereocenters. The van der Waals surface area contributed by atoms with E-state index in [1.807, 2.05) is 20.8 Å². The minimum atomic E-state index is -1.15. The van der Waals surface area contributed by atoms with Crippen LogP contribution in [-0.2, 0) is 14.2 Å². The van der Waals surface area contributed by atoms with Gasteiger partial charge in [-0.25, -0.2) is 9.59 Å². The molecule has 7 nitrogen and oxygen atoms in total. The Balaban J connectivity index is 1.95. The molecule has 0 aromatic rings. The van der Waals surface area contributed by atoms with Crippen molar-refractivity contribution in [3.05, 3.63) is 0 Å². The van der Waals surface area contributed by atoms with Crippen molar-refractivity contribution in [2.75, 3.05) is 26.3 Å². The number of ether oxygens (including phenoxy) is 3. The Morgan fingerprint density at radius 3 is 2.60 bits per heavy atom. The number of hydrogen-bond acceptors (Lipinski definition) is 5. The van der Waals surface area contributed by atoms with E-state index in [-0.39, 0.29) is 24.2 Å². The Kier molecular flexibility index (Phi) is 6.04. The van der Waals surface area contributed by atoms with E-state index in [1.54, 1.807) is 4.90 Å². The van der Waals surface area contributed by atoms with Crippen LogP contribution >= 0.6 is 0 Å². The zero-order valence-corrected chi connectivity index (χ0v) is 17.3. The fraction of sp³-hybridized carbons (Fsp3) is 0.882. The van der Waals surface area contributed by atoms with Gasteiger partial charge in [0, 0.05) is 33.7 Å². The van der Waals surface area contributed by atoms with Crippen molar-refractivity contribution in [3.8, 4) is 0 Å². The van der Waals surface area contributed by atoms with Crippen molar-refractivity contribution in [2.24, 2.45) is 5.92 Å². The molecule has 1 N–H and O–H groups in total. The summed E-state index contributed by atoms with van der Waals surface area (Å²) < 4.78 is 16.7. The number of carbonyl (C=O) groups is 2. The normalized spacial score (nSPS) is 26.7. The molecule has 0 aromatic carbocycles. The maximum absolute atomic E-state index is 12.4. The van der Waals surface area contributed by atoms with E-state index in [1.165, 1.54) is 0 Å². The number of nitrogens with zero attached hydrogens (tertiary/aromatic N) is 1. The summed E-state index contributed by atoms with van der Waals surface area (Å²) in [6.07, 6.45) is -1.04. The number of piperidine rings is 1. The fourth-order valence-corrected chi connectivity index (χ4v) is 3.74. The van der Waals surface area contributed by atoms with Crippen LogP contribution in [0.15, 0.2) is 0 Å². The third-order valence-corrected chi connectivity index (χ3v) is 5.96. The van der Waals surface area contributed by atoms with E-state index < -0.39 is 19.8 Å². The summed E-state index contributed by atoms with van der Waals surface area (Å²) in [6, 6.07) is 0.876. The molecule has 25 heavy (non-hydrogen) atoms. The second-order valence-electron chi connectivity index (χ2n) is 9.15. The predicted molar refractivity (Wildman–Crippen MR) is 97.5 cm³/mol. The lowest BCUT2D eigenvalue weighted by molar-refractivity contribution is -0.0282. The maximum atomic E-state index is 12.4. The molecule has 0 radical (unpaired) electrons. The van der Waals surface area contributed by atoms with Crippen LogP contribution in [0.1, 0.15) is 20.8 Å². The summed E-state index contributed by atoms with van der Waals surface area (Å²) in [6.45, 7) is 14.5. The number of alkyl carbamates (subject to hydrolysis) is 1. The van der Waals surface area contributed by atoms with Crippen LogP contribution < -0.4 is 5.32 Å². The molecule has 0 saturated carbocycles. The van der Waals surface area contributed by atoms with Gasteiger partial charge in [-0.05, 0) is 26.8 Å². The van der Waals surface area contributed by atoms with E-state index in [9.17, 15) is 9.59 Å². The van der Waals surface area contributed by atoms with Crippen molar-refractivity contribution in [2.45, 2.75) is 64.2 Å². The third kappa shape index (κ3) is 6.18. The van der Waals surface area contributed by atoms with Crippen molar-refractivity contribution >= 4 is 20.3 Å². The van der Waals surface area contributed by atoms with Gasteiger partial charge in [-0.3, -0.25) is 0 Å². The lowest BCUT2D eigenvalue weighted by atomic mass is 9.92. The summed E-state index contributed by atoms with van der Waals surface area (Å²) in [5.74, 6) is -0.0492. The number of likely N-dealkylation sites (tertiary alicyclic amines) is 1. The summed E-state index contributed by atoms with van der Waals surface area (Å²) in [5.41, 5.74) is -0.549. The predicted octanol–water partition coefficient (Wildman–Crippen LogP) is 2.69. The Labute approximate surface area is 151 Å². The van der Waals surface area contributed by atoms with Gasteiger partial charge in [0.1, 0.15) is 11.7 Å². The third-order valence-electron chi connectivity index (χ3n) is 4.26. The highest BCUT2D eigenvalue weighted by atomic mass is 28.3. The van der Waals surface area contributed by atoms with Gasteiger partial charge < -0.3 is 24.4 Å². The number of amides is 2. The highest BCUT2D eigenvalue weighted by molar-refractivity contribution is 6.76. The standard InChI is InChI=1S/C17H32N2O5Si/c1-17(2,3)24-16(21)19-9-12(11-22-7-8-25(4,5)6)14-13(10-19)18-15(20)23-14/h12-14H,7-11H2,1-6H3,(H,18,20)/t12-,13+,14-/m1/s1. The van der Waals surface area contributed by atoms with E-state index >= 15 is 0 Å². The highest BCUT2D eigenvalue weighted by Crippen LogP contribution is 2.27. The van der Waals surface area contributed by atoms with Gasteiger partial charge >= 0.3 is 12.2 Å². The molecule has 3 atom stereocenters. The molecule has 0 spiro atoms. The quantitative estimate of drug-likeness (QED) is 0.593. The first kappa shape index (κ1) is 20.0. The molecule has 2 aliphatic rings. The van der Waals surface area contributed by atoms with E-state index in [4.69, 9.17) is 14.2 Å². The van der Waals surface area contributed by atoms with Crippen molar-refractivity contribution < 1.29 is 23.8 Å². The average Bonchev–Trinajstić information content (AvgIpc) is 2.80. The number of nitrogens with one attached hydrogen (secondary N) is 1. The zero-order valence-electron chi connectivity index (χ0n) is 16.3. The Hall–Kier alpha value is -1.28.